The Hall–Kier alpha value is -3.81. The van der Waals surface area contributed by atoms with Crippen molar-refractivity contribution in [2.75, 3.05) is 26.7 Å². The number of hydrogen-bond donors (Lipinski definition) is 2. The molecule has 1 amide bonds. The summed E-state index contributed by atoms with van der Waals surface area (Å²) >= 11 is 6.26. The van der Waals surface area contributed by atoms with Crippen LogP contribution in [0.4, 0.5) is 22.0 Å². The number of aryl methyl sites for hydroxylation is 2. The summed E-state index contributed by atoms with van der Waals surface area (Å²) in [5.41, 5.74) is -0.747. The Morgan fingerprint density at radius 2 is 1.71 bits per heavy atom. The average Bonchev–Trinajstić information content (AvgIpc) is 2.95. The lowest BCUT2D eigenvalue weighted by Gasteiger charge is -2.38. The lowest BCUT2D eigenvalue weighted by atomic mass is 9.92. The third kappa shape index (κ3) is 9.06. The highest BCUT2D eigenvalue weighted by Crippen LogP contribution is 2.36. The summed E-state index contributed by atoms with van der Waals surface area (Å²) in [4.78, 5) is 41.1. The van der Waals surface area contributed by atoms with Crippen molar-refractivity contribution in [1.82, 2.24) is 14.8 Å². The van der Waals surface area contributed by atoms with Gasteiger partial charge in [0.05, 0.1) is 29.2 Å². The fourth-order valence-electron chi connectivity index (χ4n) is 6.28. The van der Waals surface area contributed by atoms with E-state index in [2.05, 4.69) is 5.32 Å². The van der Waals surface area contributed by atoms with Crippen molar-refractivity contribution in [2.24, 2.45) is 5.92 Å². The Bertz CT molecular complexity index is 1750. The molecule has 2 atom stereocenters. The van der Waals surface area contributed by atoms with Crippen molar-refractivity contribution in [2.45, 2.75) is 71.3 Å². The highest BCUT2D eigenvalue weighted by molar-refractivity contribution is 6.31. The lowest BCUT2D eigenvalue weighted by molar-refractivity contribution is -0.139. The van der Waals surface area contributed by atoms with Gasteiger partial charge in [-0.25, -0.2) is 8.78 Å². The molecule has 0 saturated carbocycles. The van der Waals surface area contributed by atoms with Gasteiger partial charge in [-0.3, -0.25) is 19.3 Å². The maximum absolute atomic E-state index is 15.6. The number of benzene rings is 2. The molecule has 2 aromatic carbocycles. The molecule has 4 rings (SSSR count). The maximum Gasteiger partial charge on any atom is 0.416 e. The number of nitrogens with one attached hydrogen (secondary N) is 1. The number of alkyl halides is 3. The van der Waals surface area contributed by atoms with E-state index in [9.17, 15) is 37.1 Å². The number of ether oxygens (including phenoxy) is 1. The molecule has 2 heterocycles. The lowest BCUT2D eigenvalue weighted by Crippen LogP contribution is -2.52. The van der Waals surface area contributed by atoms with E-state index >= 15 is 4.39 Å². The van der Waals surface area contributed by atoms with Crippen molar-refractivity contribution in [3.05, 3.63) is 91.4 Å². The Morgan fingerprint density at radius 1 is 1.08 bits per heavy atom. The second-order valence-electron chi connectivity index (χ2n) is 12.9. The zero-order chi connectivity index (χ0) is 36.4. The third-order valence-corrected chi connectivity index (χ3v) is 8.94. The number of nitrogens with zero attached hydrogens (tertiary/aromatic N) is 2. The van der Waals surface area contributed by atoms with Gasteiger partial charge in [-0.15, -0.1) is 0 Å². The molecule has 2 N–H and O–H groups in total. The average molecular weight is 712 g/mol. The van der Waals surface area contributed by atoms with E-state index in [4.69, 9.17) is 16.3 Å². The van der Waals surface area contributed by atoms with Gasteiger partial charge in [-0.05, 0) is 84.7 Å². The zero-order valence-electron chi connectivity index (χ0n) is 27.8. The number of likely N-dealkylation sites (tertiary alicyclic amines) is 1. The first-order valence-electron chi connectivity index (χ1n) is 15.7. The first-order chi connectivity index (χ1) is 22.9. The molecule has 14 heteroatoms. The number of carbonyl (C=O) groups excluding carboxylic acids is 1. The van der Waals surface area contributed by atoms with Crippen molar-refractivity contribution in [3.8, 4) is 11.1 Å². The van der Waals surface area contributed by atoms with E-state index in [-0.39, 0.29) is 47.6 Å². The smallest absolute Gasteiger partial charge is 0.416 e. The molecule has 49 heavy (non-hydrogen) atoms. The number of hydrogen-bond acceptors (Lipinski definition) is 5. The van der Waals surface area contributed by atoms with E-state index in [0.29, 0.717) is 41.4 Å². The number of pyridine rings is 1. The van der Waals surface area contributed by atoms with Crippen LogP contribution in [0.3, 0.4) is 0 Å². The molecule has 8 nitrogen and oxygen atoms in total. The van der Waals surface area contributed by atoms with E-state index in [1.807, 2.05) is 4.90 Å². The quantitative estimate of drug-likeness (QED) is 0.188. The molecule has 1 aliphatic heterocycles. The van der Waals surface area contributed by atoms with Gasteiger partial charge in [0.1, 0.15) is 17.7 Å². The van der Waals surface area contributed by atoms with Crippen LogP contribution in [0.15, 0.2) is 41.3 Å². The van der Waals surface area contributed by atoms with Crippen LogP contribution in [0.5, 0.6) is 0 Å². The molecule has 3 aromatic rings. The maximum atomic E-state index is 15.6. The monoisotopic (exact) mass is 711 g/mol. The standard InChI is InChI=1S/C35H39ClF5N3O5/c1-18(2)8-29(44-15-21(6-7-43-16-24(17-43)49-5)26(13-30(44)45)35(39,40)41)34(48)42-28(14-31(46)47)25-11-22(12-27(36)33(25)38)32-19(3)9-23(37)10-20(32)4/h9-13,15,18,24,28-29H,6-8,14,16-17H2,1-5H3,(H,42,48)(H,46,47)/t28-,29?/m0/s1. The van der Waals surface area contributed by atoms with Crippen LogP contribution >= 0.6 is 11.6 Å². The molecule has 0 aliphatic carbocycles. The van der Waals surface area contributed by atoms with Gasteiger partial charge in [0, 0.05) is 44.6 Å². The fourth-order valence-corrected chi connectivity index (χ4v) is 6.51. The number of rotatable bonds is 13. The van der Waals surface area contributed by atoms with Crippen LogP contribution in [0, 0.1) is 31.4 Å². The number of amides is 1. The minimum Gasteiger partial charge on any atom is -0.481 e. The predicted octanol–water partition coefficient (Wildman–Crippen LogP) is 6.88. The molecular formula is C35H39ClF5N3O5. The van der Waals surface area contributed by atoms with Crippen molar-refractivity contribution < 1.29 is 41.4 Å². The highest BCUT2D eigenvalue weighted by Gasteiger charge is 2.37. The summed E-state index contributed by atoms with van der Waals surface area (Å²) in [5.74, 6) is -4.01. The van der Waals surface area contributed by atoms with Gasteiger partial charge in [0.2, 0.25) is 5.91 Å². The largest absolute Gasteiger partial charge is 0.481 e. The van der Waals surface area contributed by atoms with Crippen LogP contribution < -0.4 is 10.9 Å². The van der Waals surface area contributed by atoms with E-state index < -0.39 is 59.3 Å². The number of carboxylic acid groups (broad SMARTS) is 1. The Morgan fingerprint density at radius 3 is 2.27 bits per heavy atom. The van der Waals surface area contributed by atoms with Crippen LogP contribution in [-0.2, 0) is 26.9 Å². The molecule has 266 valence electrons. The van der Waals surface area contributed by atoms with Crippen LogP contribution in [0.25, 0.3) is 11.1 Å². The number of methoxy groups -OCH3 is 1. The summed E-state index contributed by atoms with van der Waals surface area (Å²) in [6.45, 7) is 8.13. The molecule has 1 fully saturated rings. The molecule has 1 aromatic heterocycles. The van der Waals surface area contributed by atoms with Gasteiger partial charge in [-0.1, -0.05) is 25.4 Å². The first-order valence-corrected chi connectivity index (χ1v) is 16.1. The molecule has 1 saturated heterocycles. The van der Waals surface area contributed by atoms with Gasteiger partial charge in [0.25, 0.3) is 5.56 Å². The first kappa shape index (κ1) is 38.0. The predicted molar refractivity (Wildman–Crippen MR) is 175 cm³/mol. The third-order valence-electron chi connectivity index (χ3n) is 8.67. The van der Waals surface area contributed by atoms with Gasteiger partial charge < -0.3 is 19.7 Å². The van der Waals surface area contributed by atoms with Gasteiger partial charge in [0.15, 0.2) is 0 Å². The van der Waals surface area contributed by atoms with Crippen molar-refractivity contribution >= 4 is 23.5 Å². The minimum absolute atomic E-state index is 0.00474. The molecule has 0 radical (unpaired) electrons. The number of aliphatic carboxylic acids is 1. The number of aromatic nitrogens is 1. The van der Waals surface area contributed by atoms with Crippen LogP contribution in [-0.4, -0.2) is 59.3 Å². The van der Waals surface area contributed by atoms with E-state index in [1.54, 1.807) is 34.8 Å². The van der Waals surface area contributed by atoms with Crippen LogP contribution in [0.1, 0.15) is 66.6 Å². The van der Waals surface area contributed by atoms with E-state index in [1.165, 1.54) is 24.3 Å². The molecule has 0 spiro atoms. The van der Waals surface area contributed by atoms with Crippen molar-refractivity contribution in [3.63, 3.8) is 0 Å². The summed E-state index contributed by atoms with van der Waals surface area (Å²) in [6.07, 6.45) is -4.67. The van der Waals surface area contributed by atoms with Crippen molar-refractivity contribution in [1.29, 1.82) is 0 Å². The molecule has 1 unspecified atom stereocenters. The van der Waals surface area contributed by atoms with Gasteiger partial charge >= 0.3 is 12.1 Å². The number of halogens is 6. The molecule has 0 bridgehead atoms. The summed E-state index contributed by atoms with van der Waals surface area (Å²) in [6, 6.07) is 2.80. The summed E-state index contributed by atoms with van der Waals surface area (Å²) in [7, 11) is 1.55. The topological polar surface area (TPSA) is 101 Å². The highest BCUT2D eigenvalue weighted by atomic mass is 35.5. The normalized spacial score (nSPS) is 15.3. The number of carbonyl (C=O) groups is 2. The Labute approximate surface area is 285 Å². The SMILES string of the molecule is COC1CN(CCc2cn(C(CC(C)C)C(=O)N[C@@H](CC(=O)O)c3cc(-c4c(C)cc(F)cc4C)cc(Cl)c3F)c(=O)cc2C(F)(F)F)C1. The second kappa shape index (κ2) is 15.4. The summed E-state index contributed by atoms with van der Waals surface area (Å²) in [5, 5.41) is 11.9. The summed E-state index contributed by atoms with van der Waals surface area (Å²) < 4.78 is 78.0. The van der Waals surface area contributed by atoms with Crippen LogP contribution in [0.2, 0.25) is 5.02 Å². The Kier molecular flexibility index (Phi) is 11.9. The Balaban J connectivity index is 1.75. The minimum atomic E-state index is -4.83. The molecule has 1 aliphatic rings. The number of carboxylic acids is 1. The molecular weight excluding hydrogens is 673 g/mol. The van der Waals surface area contributed by atoms with Gasteiger partial charge in [-0.2, -0.15) is 13.2 Å². The second-order valence-corrected chi connectivity index (χ2v) is 13.3. The zero-order valence-corrected chi connectivity index (χ0v) is 28.5. The van der Waals surface area contributed by atoms with E-state index in [0.717, 1.165) is 10.8 Å². The fraction of sp³-hybridized carbons (Fsp3) is 0.457.